The summed E-state index contributed by atoms with van der Waals surface area (Å²) in [7, 11) is -3.33. The zero-order valence-corrected chi connectivity index (χ0v) is 12.6. The monoisotopic (exact) mass is 287 g/mol. The molecule has 0 aliphatic carbocycles. The molecule has 1 rings (SSSR count). The van der Waals surface area contributed by atoms with Crippen molar-refractivity contribution in [2.75, 3.05) is 12.3 Å². The minimum absolute atomic E-state index is 0.0263. The number of aromatic amines is 1. The molecule has 0 aliphatic heterocycles. The molecule has 1 atom stereocenters. The molecule has 0 aromatic carbocycles. The highest BCUT2D eigenvalue weighted by Crippen LogP contribution is 2.09. The van der Waals surface area contributed by atoms with E-state index >= 15 is 0 Å². The van der Waals surface area contributed by atoms with Gasteiger partial charge in [-0.05, 0) is 32.8 Å². The second-order valence-corrected chi connectivity index (χ2v) is 7.16. The summed E-state index contributed by atoms with van der Waals surface area (Å²) in [5, 5.41) is 8.60. The van der Waals surface area contributed by atoms with Crippen LogP contribution in [0, 0.1) is 13.8 Å². The third kappa shape index (κ3) is 3.79. The normalized spacial score (nSPS) is 13.3. The number of hydrogen-bond donors (Lipinski definition) is 2. The van der Waals surface area contributed by atoms with Gasteiger partial charge in [0, 0.05) is 18.0 Å². The maximum atomic E-state index is 11.7. The Bertz CT molecular complexity index is 529. The molecule has 1 heterocycles. The van der Waals surface area contributed by atoms with Gasteiger partial charge < -0.3 is 5.32 Å². The summed E-state index contributed by atoms with van der Waals surface area (Å²) in [6.07, 6.45) is 0.638. The molecule has 7 heteroatoms. The van der Waals surface area contributed by atoms with Crippen LogP contribution >= 0.6 is 0 Å². The van der Waals surface area contributed by atoms with Gasteiger partial charge in [-0.25, -0.2) is 8.42 Å². The van der Waals surface area contributed by atoms with Crippen molar-refractivity contribution in [1.82, 2.24) is 15.5 Å². The maximum Gasteiger partial charge on any atom is 0.238 e. The van der Waals surface area contributed by atoms with E-state index in [-0.39, 0.29) is 5.75 Å². The van der Waals surface area contributed by atoms with Crippen LogP contribution in [0.2, 0.25) is 0 Å². The average Bonchev–Trinajstić information content (AvgIpc) is 2.69. The molecule has 1 aromatic rings. The topological polar surface area (TPSA) is 91.9 Å². The molecule has 0 radical (unpaired) electrons. The van der Waals surface area contributed by atoms with Crippen LogP contribution in [0.5, 0.6) is 0 Å². The van der Waals surface area contributed by atoms with Crippen molar-refractivity contribution >= 4 is 15.7 Å². The first kappa shape index (κ1) is 15.7. The number of hydrogen-bond acceptors (Lipinski definition) is 4. The Hall–Kier alpha value is -1.37. The van der Waals surface area contributed by atoms with E-state index in [1.165, 1.54) is 13.8 Å². The maximum absolute atomic E-state index is 11.7. The molecular weight excluding hydrogens is 266 g/mol. The molecule has 19 heavy (non-hydrogen) atoms. The van der Waals surface area contributed by atoms with Gasteiger partial charge in [0.15, 0.2) is 9.84 Å². The largest absolute Gasteiger partial charge is 0.355 e. The van der Waals surface area contributed by atoms with E-state index in [9.17, 15) is 13.2 Å². The van der Waals surface area contributed by atoms with Crippen molar-refractivity contribution in [1.29, 1.82) is 0 Å². The molecule has 0 fully saturated rings. The zero-order valence-electron chi connectivity index (χ0n) is 11.8. The highest BCUT2D eigenvalue weighted by atomic mass is 32.2. The fourth-order valence-corrected chi connectivity index (χ4v) is 2.72. The standard InChI is InChI=1S/C12H21N3O3S/c1-5-19(17,18)10(4)12(16)13-7-6-11-8(2)14-15-9(11)3/h10H,5-7H2,1-4H3,(H,13,16)(H,14,15)/t10-/m0/s1. The van der Waals surface area contributed by atoms with Crippen molar-refractivity contribution in [3.05, 3.63) is 17.0 Å². The Kier molecular flexibility index (Phi) is 5.11. The minimum atomic E-state index is -3.33. The van der Waals surface area contributed by atoms with Gasteiger partial charge in [-0.2, -0.15) is 5.10 Å². The Morgan fingerprint density at radius 3 is 2.53 bits per heavy atom. The van der Waals surface area contributed by atoms with Gasteiger partial charge >= 0.3 is 0 Å². The smallest absolute Gasteiger partial charge is 0.238 e. The van der Waals surface area contributed by atoms with Crippen LogP contribution in [-0.4, -0.2) is 42.1 Å². The lowest BCUT2D eigenvalue weighted by Gasteiger charge is -2.12. The van der Waals surface area contributed by atoms with Crippen molar-refractivity contribution < 1.29 is 13.2 Å². The Balaban J connectivity index is 2.53. The van der Waals surface area contributed by atoms with Gasteiger partial charge in [-0.15, -0.1) is 0 Å². The van der Waals surface area contributed by atoms with E-state index in [4.69, 9.17) is 0 Å². The van der Waals surface area contributed by atoms with Gasteiger partial charge in [0.2, 0.25) is 5.91 Å². The number of amides is 1. The summed E-state index contributed by atoms with van der Waals surface area (Å²) in [5.41, 5.74) is 2.94. The van der Waals surface area contributed by atoms with Gasteiger partial charge in [-0.3, -0.25) is 9.89 Å². The lowest BCUT2D eigenvalue weighted by atomic mass is 10.1. The van der Waals surface area contributed by atoms with Crippen LogP contribution in [0.1, 0.15) is 30.8 Å². The molecule has 0 saturated carbocycles. The van der Waals surface area contributed by atoms with Crippen LogP contribution in [0.4, 0.5) is 0 Å². The Morgan fingerprint density at radius 1 is 1.42 bits per heavy atom. The first-order valence-electron chi connectivity index (χ1n) is 6.29. The Labute approximate surface area is 113 Å². The number of nitrogens with one attached hydrogen (secondary N) is 2. The van der Waals surface area contributed by atoms with Crippen molar-refractivity contribution in [3.63, 3.8) is 0 Å². The number of H-pyrrole nitrogens is 1. The van der Waals surface area contributed by atoms with Crippen LogP contribution in [0.3, 0.4) is 0 Å². The number of aromatic nitrogens is 2. The summed E-state index contributed by atoms with van der Waals surface area (Å²) in [6, 6.07) is 0. The number of sulfone groups is 1. The van der Waals surface area contributed by atoms with Crippen LogP contribution < -0.4 is 5.32 Å². The molecule has 0 aliphatic rings. The lowest BCUT2D eigenvalue weighted by molar-refractivity contribution is -0.120. The molecule has 0 bridgehead atoms. The molecule has 0 saturated heterocycles. The molecule has 108 valence electrons. The van der Waals surface area contributed by atoms with E-state index in [1.807, 2.05) is 13.8 Å². The fourth-order valence-electron chi connectivity index (χ4n) is 1.81. The van der Waals surface area contributed by atoms with Crippen LogP contribution in [0.25, 0.3) is 0 Å². The quantitative estimate of drug-likeness (QED) is 0.797. The minimum Gasteiger partial charge on any atom is -0.355 e. The zero-order chi connectivity index (χ0) is 14.6. The van der Waals surface area contributed by atoms with Crippen LogP contribution in [-0.2, 0) is 21.1 Å². The predicted molar refractivity (Wildman–Crippen MR) is 73.7 cm³/mol. The summed E-state index contributed by atoms with van der Waals surface area (Å²) < 4.78 is 23.1. The number of rotatable bonds is 6. The van der Waals surface area contributed by atoms with Gasteiger partial charge in [0.25, 0.3) is 0 Å². The van der Waals surface area contributed by atoms with Crippen molar-refractivity contribution in [3.8, 4) is 0 Å². The van der Waals surface area contributed by atoms with Crippen LogP contribution in [0.15, 0.2) is 0 Å². The predicted octanol–water partition coefficient (Wildman–Crippen LogP) is 0.508. The molecule has 1 aromatic heterocycles. The third-order valence-electron chi connectivity index (χ3n) is 3.27. The molecule has 2 N–H and O–H groups in total. The number of carbonyl (C=O) groups is 1. The fraction of sp³-hybridized carbons (Fsp3) is 0.667. The second kappa shape index (κ2) is 6.18. The molecule has 0 unspecified atom stereocenters. The first-order valence-corrected chi connectivity index (χ1v) is 8.00. The van der Waals surface area contributed by atoms with Gasteiger partial charge in [0.05, 0.1) is 5.69 Å². The van der Waals surface area contributed by atoms with E-state index < -0.39 is 21.0 Å². The highest BCUT2D eigenvalue weighted by Gasteiger charge is 2.25. The van der Waals surface area contributed by atoms with Gasteiger partial charge in [0.1, 0.15) is 5.25 Å². The molecule has 6 nitrogen and oxygen atoms in total. The summed E-state index contributed by atoms with van der Waals surface area (Å²) in [6.45, 7) is 7.18. The van der Waals surface area contributed by atoms with Crippen molar-refractivity contribution in [2.45, 2.75) is 39.4 Å². The van der Waals surface area contributed by atoms with Crippen molar-refractivity contribution in [2.24, 2.45) is 0 Å². The number of aryl methyl sites for hydroxylation is 2. The van der Waals surface area contributed by atoms with E-state index in [0.29, 0.717) is 13.0 Å². The average molecular weight is 287 g/mol. The van der Waals surface area contributed by atoms with E-state index in [2.05, 4.69) is 15.5 Å². The second-order valence-electron chi connectivity index (χ2n) is 4.55. The third-order valence-corrected chi connectivity index (χ3v) is 5.36. The number of nitrogens with zero attached hydrogens (tertiary/aromatic N) is 1. The molecular formula is C12H21N3O3S. The lowest BCUT2D eigenvalue weighted by Crippen LogP contribution is -2.39. The van der Waals surface area contributed by atoms with E-state index in [0.717, 1.165) is 17.0 Å². The summed E-state index contributed by atoms with van der Waals surface area (Å²) in [5.74, 6) is -0.470. The summed E-state index contributed by atoms with van der Waals surface area (Å²) in [4.78, 5) is 11.7. The summed E-state index contributed by atoms with van der Waals surface area (Å²) >= 11 is 0. The molecule has 0 spiro atoms. The number of carbonyl (C=O) groups excluding carboxylic acids is 1. The van der Waals surface area contributed by atoms with E-state index in [1.54, 1.807) is 0 Å². The van der Waals surface area contributed by atoms with Gasteiger partial charge in [-0.1, -0.05) is 6.92 Å². The molecule has 1 amide bonds. The Morgan fingerprint density at radius 2 is 2.05 bits per heavy atom. The SMILES string of the molecule is CCS(=O)(=O)[C@@H](C)C(=O)NCCc1c(C)n[nH]c1C. The highest BCUT2D eigenvalue weighted by molar-refractivity contribution is 7.92. The first-order chi connectivity index (χ1) is 8.79.